The zero-order valence-electron chi connectivity index (χ0n) is 13.6. The third-order valence-corrected chi connectivity index (χ3v) is 5.09. The first-order chi connectivity index (χ1) is 12.7. The molecular formula is C18H14ClN3O3S. The molecule has 1 aliphatic rings. The van der Waals surface area contributed by atoms with Crippen molar-refractivity contribution in [3.05, 3.63) is 65.3 Å². The van der Waals surface area contributed by atoms with Gasteiger partial charge in [0.25, 0.3) is 5.91 Å². The number of hydrogen-bond donors (Lipinski definition) is 0. The molecular weight excluding hydrogens is 374 g/mol. The zero-order valence-corrected chi connectivity index (χ0v) is 15.2. The number of aromatic nitrogens is 2. The summed E-state index contributed by atoms with van der Waals surface area (Å²) in [6, 6.07) is 11.1. The molecule has 1 amide bonds. The Hall–Kier alpha value is -2.64. The van der Waals surface area contributed by atoms with Crippen molar-refractivity contribution in [3.63, 3.8) is 0 Å². The summed E-state index contributed by atoms with van der Waals surface area (Å²) in [4.78, 5) is 23.4. The highest BCUT2D eigenvalue weighted by Gasteiger charge is 2.27. The fourth-order valence-corrected chi connectivity index (χ4v) is 3.78. The maximum atomic E-state index is 13.0. The lowest BCUT2D eigenvalue weighted by Gasteiger charge is -2.22. The number of amides is 1. The zero-order chi connectivity index (χ0) is 17.9. The number of thiazole rings is 1. The summed E-state index contributed by atoms with van der Waals surface area (Å²) in [5, 5.41) is 1.07. The lowest BCUT2D eigenvalue weighted by atomic mass is 10.3. The molecule has 0 bridgehead atoms. The van der Waals surface area contributed by atoms with Crippen molar-refractivity contribution in [3.8, 4) is 0 Å². The van der Waals surface area contributed by atoms with Crippen LogP contribution in [0, 0.1) is 0 Å². The van der Waals surface area contributed by atoms with E-state index in [0.717, 1.165) is 10.4 Å². The fourth-order valence-electron chi connectivity index (χ4n) is 2.51. The van der Waals surface area contributed by atoms with E-state index < -0.39 is 0 Å². The van der Waals surface area contributed by atoms with Crippen LogP contribution in [0.15, 0.2) is 54.6 Å². The van der Waals surface area contributed by atoms with E-state index in [1.165, 1.54) is 22.5 Å². The van der Waals surface area contributed by atoms with Gasteiger partial charge in [-0.3, -0.25) is 14.7 Å². The first-order valence-electron chi connectivity index (χ1n) is 7.94. The molecule has 0 radical (unpaired) electrons. The summed E-state index contributed by atoms with van der Waals surface area (Å²) in [6.07, 6.45) is 3.03. The molecule has 0 unspecified atom stereocenters. The predicted molar refractivity (Wildman–Crippen MR) is 100 cm³/mol. The normalized spacial score (nSPS) is 13.7. The van der Waals surface area contributed by atoms with Gasteiger partial charge < -0.3 is 9.47 Å². The van der Waals surface area contributed by atoms with Crippen molar-refractivity contribution in [1.82, 2.24) is 9.97 Å². The van der Waals surface area contributed by atoms with E-state index in [2.05, 4.69) is 9.97 Å². The summed E-state index contributed by atoms with van der Waals surface area (Å²) in [6.45, 7) is 1.02. The number of nitrogens with zero attached hydrogens (tertiary/aromatic N) is 3. The van der Waals surface area contributed by atoms with Crippen molar-refractivity contribution < 1.29 is 14.3 Å². The summed E-state index contributed by atoms with van der Waals surface area (Å²) in [7, 11) is 0. The SMILES string of the molecule is O=C(C1=COCCO1)N(Cc1ccccn1)c1nc2c(Cl)cccc2s1. The van der Waals surface area contributed by atoms with Gasteiger partial charge in [-0.25, -0.2) is 4.98 Å². The summed E-state index contributed by atoms with van der Waals surface area (Å²) < 4.78 is 11.6. The van der Waals surface area contributed by atoms with Crippen LogP contribution in [0.5, 0.6) is 0 Å². The largest absolute Gasteiger partial charge is 0.494 e. The first kappa shape index (κ1) is 16.8. The van der Waals surface area contributed by atoms with Crippen LogP contribution in [0.1, 0.15) is 5.69 Å². The molecule has 1 aliphatic heterocycles. The van der Waals surface area contributed by atoms with Crippen LogP contribution in [-0.2, 0) is 20.8 Å². The Bertz CT molecular complexity index is 974. The molecule has 0 atom stereocenters. The lowest BCUT2D eigenvalue weighted by Crippen LogP contribution is -2.34. The van der Waals surface area contributed by atoms with Crippen molar-refractivity contribution in [2.24, 2.45) is 0 Å². The molecule has 0 aliphatic carbocycles. The molecule has 0 fully saturated rings. The number of pyridine rings is 1. The standard InChI is InChI=1S/C18H14ClN3O3S/c19-13-5-3-6-15-16(13)21-18(26-15)22(10-12-4-1-2-7-20-12)17(23)14-11-24-8-9-25-14/h1-7,11H,8-10H2. The molecule has 2 aromatic heterocycles. The van der Waals surface area contributed by atoms with Crippen LogP contribution in [-0.4, -0.2) is 29.1 Å². The maximum absolute atomic E-state index is 13.0. The minimum atomic E-state index is -0.328. The van der Waals surface area contributed by atoms with E-state index in [-0.39, 0.29) is 18.2 Å². The van der Waals surface area contributed by atoms with Crippen molar-refractivity contribution in [1.29, 1.82) is 0 Å². The van der Waals surface area contributed by atoms with E-state index >= 15 is 0 Å². The highest BCUT2D eigenvalue weighted by molar-refractivity contribution is 7.22. The van der Waals surface area contributed by atoms with E-state index in [1.54, 1.807) is 12.3 Å². The predicted octanol–water partition coefficient (Wildman–Crippen LogP) is 3.77. The maximum Gasteiger partial charge on any atom is 0.298 e. The molecule has 8 heteroatoms. The number of fused-ring (bicyclic) bond motifs is 1. The second-order valence-electron chi connectivity index (χ2n) is 5.50. The molecule has 6 nitrogen and oxygen atoms in total. The van der Waals surface area contributed by atoms with Crippen molar-refractivity contribution in [2.75, 3.05) is 18.1 Å². The Labute approximate surface area is 158 Å². The second-order valence-corrected chi connectivity index (χ2v) is 6.91. The van der Waals surface area contributed by atoms with Crippen LogP contribution < -0.4 is 4.90 Å². The molecule has 26 heavy (non-hydrogen) atoms. The van der Waals surface area contributed by atoms with Gasteiger partial charge >= 0.3 is 0 Å². The number of hydrogen-bond acceptors (Lipinski definition) is 6. The molecule has 0 N–H and O–H groups in total. The number of carbonyl (C=O) groups is 1. The smallest absolute Gasteiger partial charge is 0.298 e. The van der Waals surface area contributed by atoms with Crippen LogP contribution >= 0.6 is 22.9 Å². The quantitative estimate of drug-likeness (QED) is 0.681. The van der Waals surface area contributed by atoms with E-state index in [4.69, 9.17) is 21.1 Å². The van der Waals surface area contributed by atoms with Gasteiger partial charge in [-0.05, 0) is 24.3 Å². The number of rotatable bonds is 4. The number of halogens is 1. The Morgan fingerprint density at radius 2 is 2.15 bits per heavy atom. The highest BCUT2D eigenvalue weighted by atomic mass is 35.5. The molecule has 0 saturated carbocycles. The molecule has 3 aromatic rings. The van der Waals surface area contributed by atoms with E-state index in [9.17, 15) is 4.79 Å². The van der Waals surface area contributed by atoms with Gasteiger partial charge in [0.05, 0.1) is 22.0 Å². The first-order valence-corrected chi connectivity index (χ1v) is 9.13. The van der Waals surface area contributed by atoms with Crippen LogP contribution in [0.25, 0.3) is 10.2 Å². The highest BCUT2D eigenvalue weighted by Crippen LogP contribution is 2.34. The van der Waals surface area contributed by atoms with Crippen LogP contribution in [0.2, 0.25) is 5.02 Å². The summed E-state index contributed by atoms with van der Waals surface area (Å²) in [5.74, 6) is -0.178. The molecule has 0 spiro atoms. The monoisotopic (exact) mass is 387 g/mol. The summed E-state index contributed by atoms with van der Waals surface area (Å²) >= 11 is 7.63. The molecule has 0 saturated heterocycles. The van der Waals surface area contributed by atoms with E-state index in [0.29, 0.717) is 28.9 Å². The minimum absolute atomic E-state index is 0.150. The average molecular weight is 388 g/mol. The molecule has 132 valence electrons. The number of anilines is 1. The lowest BCUT2D eigenvalue weighted by molar-refractivity contribution is -0.120. The number of para-hydroxylation sites is 1. The topological polar surface area (TPSA) is 64.6 Å². The van der Waals surface area contributed by atoms with Crippen molar-refractivity contribution in [2.45, 2.75) is 6.54 Å². The van der Waals surface area contributed by atoms with Crippen molar-refractivity contribution >= 4 is 44.2 Å². The Morgan fingerprint density at radius 1 is 1.23 bits per heavy atom. The third-order valence-electron chi connectivity index (χ3n) is 3.74. The van der Waals surface area contributed by atoms with Crippen LogP contribution in [0.4, 0.5) is 5.13 Å². The Morgan fingerprint density at radius 3 is 2.88 bits per heavy atom. The van der Waals surface area contributed by atoms with Gasteiger partial charge in [0, 0.05) is 6.20 Å². The average Bonchev–Trinajstić information content (AvgIpc) is 3.12. The molecule has 4 rings (SSSR count). The molecule has 1 aromatic carbocycles. The Kier molecular flexibility index (Phi) is 4.73. The van der Waals surface area contributed by atoms with Gasteiger partial charge in [-0.2, -0.15) is 0 Å². The minimum Gasteiger partial charge on any atom is -0.494 e. The van der Waals surface area contributed by atoms with Gasteiger partial charge in [-0.1, -0.05) is 35.1 Å². The van der Waals surface area contributed by atoms with Gasteiger partial charge in [-0.15, -0.1) is 0 Å². The summed E-state index contributed by atoms with van der Waals surface area (Å²) in [5.41, 5.74) is 1.41. The van der Waals surface area contributed by atoms with Gasteiger partial charge in [0.2, 0.25) is 5.76 Å². The molecule has 3 heterocycles. The number of ether oxygens (including phenoxy) is 2. The van der Waals surface area contributed by atoms with Gasteiger partial charge in [0.15, 0.2) is 5.13 Å². The van der Waals surface area contributed by atoms with Gasteiger partial charge in [0.1, 0.15) is 25.0 Å². The number of benzene rings is 1. The number of carbonyl (C=O) groups excluding carboxylic acids is 1. The van der Waals surface area contributed by atoms with Crippen LogP contribution in [0.3, 0.4) is 0 Å². The van der Waals surface area contributed by atoms with E-state index in [1.807, 2.05) is 30.3 Å². The third kappa shape index (κ3) is 3.36. The Balaban J connectivity index is 1.74. The second kappa shape index (κ2) is 7.31. The fraction of sp³-hybridized carbons (Fsp3) is 0.167.